The van der Waals surface area contributed by atoms with Crippen LogP contribution in [0.4, 0.5) is 0 Å². The molecular weight excluding hydrogens is 196 g/mol. The van der Waals surface area contributed by atoms with Crippen molar-refractivity contribution >= 4 is 24.1 Å². The van der Waals surface area contributed by atoms with E-state index in [1.807, 2.05) is 6.07 Å². The zero-order valence-electron chi connectivity index (χ0n) is 5.21. The van der Waals surface area contributed by atoms with Crippen LogP contribution in [0.2, 0.25) is 0 Å². The van der Waals surface area contributed by atoms with Gasteiger partial charge in [0.2, 0.25) is 0 Å². The summed E-state index contributed by atoms with van der Waals surface area (Å²) in [7, 11) is -0.0831. The highest BCUT2D eigenvalue weighted by Gasteiger charge is 1.90. The van der Waals surface area contributed by atoms with Crippen LogP contribution in [0.1, 0.15) is 0 Å². The SMILES string of the molecule is C[SH](Br)c1ccccc1. The minimum absolute atomic E-state index is 0.0831. The van der Waals surface area contributed by atoms with E-state index in [0.717, 1.165) is 0 Å². The van der Waals surface area contributed by atoms with Crippen LogP contribution in [0.15, 0.2) is 35.2 Å². The Morgan fingerprint density at radius 1 is 1.22 bits per heavy atom. The number of rotatable bonds is 1. The molecule has 0 fully saturated rings. The lowest BCUT2D eigenvalue weighted by atomic mass is 10.4. The Kier molecular flexibility index (Phi) is 2.61. The first-order chi connectivity index (χ1) is 4.30. The molecule has 0 radical (unpaired) electrons. The minimum atomic E-state index is -0.0831. The Balaban J connectivity index is 2.85. The van der Waals surface area contributed by atoms with Gasteiger partial charge in [-0.15, -0.1) is 0 Å². The molecule has 0 N–H and O–H groups in total. The highest BCUT2D eigenvalue weighted by molar-refractivity contribution is 9.54. The van der Waals surface area contributed by atoms with Gasteiger partial charge < -0.3 is 0 Å². The molecule has 0 saturated carbocycles. The lowest BCUT2D eigenvalue weighted by molar-refractivity contribution is 1.47. The van der Waals surface area contributed by atoms with Crippen molar-refractivity contribution < 1.29 is 0 Å². The summed E-state index contributed by atoms with van der Waals surface area (Å²) in [6.07, 6.45) is 2.19. The van der Waals surface area contributed by atoms with Gasteiger partial charge in [-0.1, -0.05) is 18.2 Å². The van der Waals surface area contributed by atoms with Crippen LogP contribution >= 0.6 is 24.1 Å². The largest absolute Gasteiger partial charge is 0.171 e. The van der Waals surface area contributed by atoms with E-state index in [1.54, 1.807) is 0 Å². The van der Waals surface area contributed by atoms with Gasteiger partial charge in [0.05, 0.1) is 0 Å². The van der Waals surface area contributed by atoms with E-state index < -0.39 is 0 Å². The highest BCUT2D eigenvalue weighted by atomic mass is 79.9. The number of halogens is 1. The molecule has 0 aliphatic carbocycles. The normalized spacial score (nSPS) is 15.1. The first kappa shape index (κ1) is 7.16. The predicted molar refractivity (Wildman–Crippen MR) is 48.5 cm³/mol. The molecule has 1 unspecified atom stereocenters. The van der Waals surface area contributed by atoms with Crippen molar-refractivity contribution in [1.29, 1.82) is 0 Å². The van der Waals surface area contributed by atoms with E-state index in [0.29, 0.717) is 0 Å². The smallest absolute Gasteiger partial charge is 0.00352 e. The number of hydrogen-bond donors (Lipinski definition) is 1. The molecule has 0 spiro atoms. The molecule has 0 aliphatic heterocycles. The van der Waals surface area contributed by atoms with Crippen LogP contribution in [0.3, 0.4) is 0 Å². The fourth-order valence-electron chi connectivity index (χ4n) is 0.633. The first-order valence-electron chi connectivity index (χ1n) is 2.75. The average Bonchev–Trinajstić information content (AvgIpc) is 1.90. The van der Waals surface area contributed by atoms with Gasteiger partial charge in [0.25, 0.3) is 0 Å². The molecule has 0 nitrogen and oxygen atoms in total. The van der Waals surface area contributed by atoms with Crippen molar-refractivity contribution in [2.75, 3.05) is 6.26 Å². The third kappa shape index (κ3) is 2.03. The van der Waals surface area contributed by atoms with Gasteiger partial charge >= 0.3 is 0 Å². The molecule has 0 saturated heterocycles. The monoisotopic (exact) mass is 204 g/mol. The Labute approximate surface area is 65.8 Å². The van der Waals surface area contributed by atoms with Gasteiger partial charge in [-0.05, 0) is 38.1 Å². The molecule has 50 valence electrons. The summed E-state index contributed by atoms with van der Waals surface area (Å²) < 4.78 is 0. The van der Waals surface area contributed by atoms with Crippen LogP contribution < -0.4 is 0 Å². The quantitative estimate of drug-likeness (QED) is 0.669. The predicted octanol–water partition coefficient (Wildman–Crippen LogP) is 2.99. The third-order valence-corrected chi connectivity index (χ3v) is 3.35. The van der Waals surface area contributed by atoms with E-state index in [-0.39, 0.29) is 9.33 Å². The number of hydrogen-bond acceptors (Lipinski definition) is 0. The van der Waals surface area contributed by atoms with Gasteiger partial charge in [-0.2, -0.15) is 9.33 Å². The molecule has 2 heteroatoms. The van der Waals surface area contributed by atoms with E-state index in [4.69, 9.17) is 0 Å². The lowest BCUT2D eigenvalue weighted by Crippen LogP contribution is -1.68. The van der Waals surface area contributed by atoms with Crippen LogP contribution in [-0.2, 0) is 0 Å². The van der Waals surface area contributed by atoms with Crippen LogP contribution in [-0.4, -0.2) is 6.26 Å². The van der Waals surface area contributed by atoms with Crippen molar-refractivity contribution in [1.82, 2.24) is 0 Å². The summed E-state index contributed by atoms with van der Waals surface area (Å²) in [6.45, 7) is 0. The summed E-state index contributed by atoms with van der Waals surface area (Å²) in [5, 5.41) is 0. The van der Waals surface area contributed by atoms with Gasteiger partial charge in [0, 0.05) is 0 Å². The van der Waals surface area contributed by atoms with Gasteiger partial charge in [0.1, 0.15) is 0 Å². The van der Waals surface area contributed by atoms with Gasteiger partial charge in [-0.3, -0.25) is 0 Å². The van der Waals surface area contributed by atoms with Crippen LogP contribution in [0, 0.1) is 0 Å². The average molecular weight is 205 g/mol. The molecule has 1 atom stereocenters. The van der Waals surface area contributed by atoms with Crippen molar-refractivity contribution in [3.8, 4) is 0 Å². The Morgan fingerprint density at radius 2 is 1.78 bits per heavy atom. The second-order valence-corrected chi connectivity index (χ2v) is 6.48. The van der Waals surface area contributed by atoms with Gasteiger partial charge in [-0.25, -0.2) is 0 Å². The maximum atomic E-state index is 3.55. The Morgan fingerprint density at radius 3 is 2.11 bits per heavy atom. The van der Waals surface area contributed by atoms with E-state index in [2.05, 4.69) is 45.3 Å². The zero-order chi connectivity index (χ0) is 6.69. The molecule has 1 rings (SSSR count). The maximum Gasteiger partial charge on any atom is -0.00352 e. The molecular formula is C7H9BrS. The second-order valence-electron chi connectivity index (χ2n) is 1.81. The number of benzene rings is 1. The standard InChI is InChI=1S/C7H9BrS/c1-9(8)7-5-3-2-4-6-7/h2-6,9H,1H3. The molecule has 0 amide bonds. The topological polar surface area (TPSA) is 0 Å². The van der Waals surface area contributed by atoms with Crippen LogP contribution in [0.5, 0.6) is 0 Å². The second kappa shape index (κ2) is 3.28. The first-order valence-corrected chi connectivity index (χ1v) is 6.56. The van der Waals surface area contributed by atoms with Crippen LogP contribution in [0.25, 0.3) is 0 Å². The molecule has 9 heavy (non-hydrogen) atoms. The molecule has 1 aromatic rings. The molecule has 0 aliphatic rings. The lowest BCUT2D eigenvalue weighted by Gasteiger charge is -2.04. The van der Waals surface area contributed by atoms with E-state index in [1.165, 1.54) is 4.90 Å². The van der Waals surface area contributed by atoms with Crippen molar-refractivity contribution in [3.63, 3.8) is 0 Å². The van der Waals surface area contributed by atoms with Crippen molar-refractivity contribution in [3.05, 3.63) is 30.3 Å². The summed E-state index contributed by atoms with van der Waals surface area (Å²) in [5.74, 6) is 0. The summed E-state index contributed by atoms with van der Waals surface area (Å²) in [6, 6.07) is 10.4. The van der Waals surface area contributed by atoms with E-state index in [9.17, 15) is 0 Å². The summed E-state index contributed by atoms with van der Waals surface area (Å²) >= 11 is 3.55. The molecule has 0 heterocycles. The zero-order valence-corrected chi connectivity index (χ0v) is 7.69. The van der Waals surface area contributed by atoms with Gasteiger partial charge in [0.15, 0.2) is 0 Å². The minimum Gasteiger partial charge on any atom is -0.171 e. The Bertz CT molecular complexity index is 172. The van der Waals surface area contributed by atoms with E-state index >= 15 is 0 Å². The van der Waals surface area contributed by atoms with Crippen molar-refractivity contribution in [2.45, 2.75) is 4.90 Å². The maximum absolute atomic E-state index is 3.55. The molecule has 1 aromatic carbocycles. The molecule has 0 bridgehead atoms. The molecule has 0 aromatic heterocycles. The highest BCUT2D eigenvalue weighted by Crippen LogP contribution is 2.38. The Hall–Kier alpha value is 0.0500. The fourth-order valence-corrected chi connectivity index (χ4v) is 1.93. The number of thiol groups is 1. The summed E-state index contributed by atoms with van der Waals surface area (Å²) in [5.41, 5.74) is 0. The fraction of sp³-hybridized carbons (Fsp3) is 0.143. The summed E-state index contributed by atoms with van der Waals surface area (Å²) in [4.78, 5) is 1.40. The van der Waals surface area contributed by atoms with Crippen molar-refractivity contribution in [2.24, 2.45) is 0 Å². The third-order valence-electron chi connectivity index (χ3n) is 1.11.